The highest BCUT2D eigenvalue weighted by Gasteiger charge is 2.20. The number of fused-ring (bicyclic) bond motifs is 1. The number of halogens is 1. The minimum absolute atomic E-state index is 0.0126. The van der Waals surface area contributed by atoms with Crippen molar-refractivity contribution < 1.29 is 14.3 Å². The Morgan fingerprint density at radius 1 is 1.32 bits per heavy atom. The zero-order valence-corrected chi connectivity index (χ0v) is 15.8. The first kappa shape index (κ1) is 18.1. The van der Waals surface area contributed by atoms with E-state index in [0.29, 0.717) is 34.1 Å². The van der Waals surface area contributed by atoms with Crippen LogP contribution in [-0.4, -0.2) is 28.2 Å². The van der Waals surface area contributed by atoms with Crippen LogP contribution in [0.4, 0.5) is 11.4 Å². The average Bonchev–Trinajstić information content (AvgIpc) is 3.12. The molecule has 7 nitrogen and oxygen atoms in total. The molecule has 1 aliphatic rings. The first-order valence-corrected chi connectivity index (χ1v) is 9.14. The van der Waals surface area contributed by atoms with Crippen molar-refractivity contribution in [2.24, 2.45) is 0 Å². The predicted octanol–water partition coefficient (Wildman–Crippen LogP) is 3.67. The zero-order chi connectivity index (χ0) is 19.7. The number of nitrogens with one attached hydrogen (secondary N) is 2. The number of aromatic nitrogens is 2. The van der Waals surface area contributed by atoms with Gasteiger partial charge in [-0.25, -0.2) is 4.68 Å². The number of ether oxygens (including phenoxy) is 1. The maximum absolute atomic E-state index is 12.8. The normalized spacial score (nSPS) is 12.7. The molecule has 0 atom stereocenters. The number of nitrogens with zero attached hydrogens (tertiary/aromatic N) is 2. The predicted molar refractivity (Wildman–Crippen MR) is 106 cm³/mol. The van der Waals surface area contributed by atoms with E-state index in [0.717, 1.165) is 11.4 Å². The van der Waals surface area contributed by atoms with Crippen molar-refractivity contribution >= 4 is 34.8 Å². The van der Waals surface area contributed by atoms with Crippen LogP contribution < -0.4 is 15.4 Å². The molecular weight excluding hydrogens is 380 g/mol. The molecule has 3 aromatic rings. The number of hydrogen-bond donors (Lipinski definition) is 2. The summed E-state index contributed by atoms with van der Waals surface area (Å²) in [4.78, 5) is 24.3. The van der Waals surface area contributed by atoms with Crippen molar-refractivity contribution in [3.63, 3.8) is 0 Å². The first-order valence-electron chi connectivity index (χ1n) is 8.76. The number of amides is 2. The standard InChI is InChI=1S/C20H17ClN4O3/c1-2-17-15(10-22-25(17)14-5-3-4-12(21)8-14)20(27)23-13-6-7-18-16(9-13)24-19(26)11-28-18/h3-10H,2,11H2,1H3,(H,23,27)(H,24,26). The SMILES string of the molecule is CCc1c(C(=O)Nc2ccc3c(c2)NC(=O)CO3)cnn1-c1cccc(Cl)c1. The van der Waals surface area contributed by atoms with Crippen LogP contribution in [0, 0.1) is 0 Å². The van der Waals surface area contributed by atoms with Gasteiger partial charge in [-0.3, -0.25) is 9.59 Å². The van der Waals surface area contributed by atoms with Crippen molar-refractivity contribution in [3.8, 4) is 11.4 Å². The van der Waals surface area contributed by atoms with Crippen LogP contribution >= 0.6 is 11.6 Å². The summed E-state index contributed by atoms with van der Waals surface area (Å²) in [5.74, 6) is 0.0563. The summed E-state index contributed by atoms with van der Waals surface area (Å²) in [5.41, 5.74) is 3.11. The molecular formula is C20H17ClN4O3. The fourth-order valence-electron chi connectivity index (χ4n) is 3.09. The van der Waals surface area contributed by atoms with E-state index in [2.05, 4.69) is 15.7 Å². The van der Waals surface area contributed by atoms with Gasteiger partial charge in [0.1, 0.15) is 5.75 Å². The van der Waals surface area contributed by atoms with Gasteiger partial charge in [-0.1, -0.05) is 24.6 Å². The van der Waals surface area contributed by atoms with E-state index in [1.165, 1.54) is 0 Å². The van der Waals surface area contributed by atoms with Crippen LogP contribution in [0.25, 0.3) is 5.69 Å². The fraction of sp³-hybridized carbons (Fsp3) is 0.150. The molecule has 1 aromatic heterocycles. The van der Waals surface area contributed by atoms with E-state index >= 15 is 0 Å². The Bertz CT molecular complexity index is 1080. The maximum atomic E-state index is 12.8. The lowest BCUT2D eigenvalue weighted by Crippen LogP contribution is -2.25. The molecule has 0 unspecified atom stereocenters. The Balaban J connectivity index is 1.61. The van der Waals surface area contributed by atoms with Crippen molar-refractivity contribution in [1.82, 2.24) is 9.78 Å². The monoisotopic (exact) mass is 396 g/mol. The molecule has 2 heterocycles. The third kappa shape index (κ3) is 3.44. The lowest BCUT2D eigenvalue weighted by molar-refractivity contribution is -0.118. The maximum Gasteiger partial charge on any atom is 0.262 e. The first-order chi connectivity index (χ1) is 13.5. The smallest absolute Gasteiger partial charge is 0.262 e. The van der Waals surface area contributed by atoms with E-state index in [1.807, 2.05) is 19.1 Å². The van der Waals surface area contributed by atoms with Crippen LogP contribution in [-0.2, 0) is 11.2 Å². The zero-order valence-electron chi connectivity index (χ0n) is 15.0. The minimum Gasteiger partial charge on any atom is -0.482 e. The number of rotatable bonds is 4. The van der Waals surface area contributed by atoms with Gasteiger partial charge >= 0.3 is 0 Å². The Labute approximate surface area is 166 Å². The van der Waals surface area contributed by atoms with Crippen molar-refractivity contribution in [2.75, 3.05) is 17.2 Å². The average molecular weight is 397 g/mol. The number of carbonyl (C=O) groups excluding carboxylic acids is 2. The molecule has 142 valence electrons. The van der Waals surface area contributed by atoms with Crippen LogP contribution in [0.1, 0.15) is 23.0 Å². The molecule has 2 N–H and O–H groups in total. The van der Waals surface area contributed by atoms with Gasteiger partial charge < -0.3 is 15.4 Å². The molecule has 0 aliphatic carbocycles. The minimum atomic E-state index is -0.284. The fourth-order valence-corrected chi connectivity index (χ4v) is 3.28. The Hall–Kier alpha value is -3.32. The summed E-state index contributed by atoms with van der Waals surface area (Å²) in [6.45, 7) is 1.95. The molecule has 2 aromatic carbocycles. The summed E-state index contributed by atoms with van der Waals surface area (Å²) >= 11 is 6.07. The molecule has 0 fully saturated rings. The van der Waals surface area contributed by atoms with Crippen LogP contribution in [0.2, 0.25) is 5.02 Å². The molecule has 2 amide bonds. The third-order valence-corrected chi connectivity index (χ3v) is 4.61. The van der Waals surface area contributed by atoms with Gasteiger partial charge in [-0.05, 0) is 42.8 Å². The molecule has 8 heteroatoms. The van der Waals surface area contributed by atoms with Crippen LogP contribution in [0.3, 0.4) is 0 Å². The number of carbonyl (C=O) groups is 2. The van der Waals surface area contributed by atoms with Gasteiger partial charge in [0.25, 0.3) is 11.8 Å². The largest absolute Gasteiger partial charge is 0.482 e. The van der Waals surface area contributed by atoms with Crippen LogP contribution in [0.15, 0.2) is 48.7 Å². The van der Waals surface area contributed by atoms with Gasteiger partial charge in [0, 0.05) is 10.7 Å². The molecule has 4 rings (SSSR count). The summed E-state index contributed by atoms with van der Waals surface area (Å²) in [5, 5.41) is 10.5. The van der Waals surface area contributed by atoms with E-state index in [4.69, 9.17) is 16.3 Å². The third-order valence-electron chi connectivity index (χ3n) is 4.37. The van der Waals surface area contributed by atoms with Crippen molar-refractivity contribution in [1.29, 1.82) is 0 Å². The Morgan fingerprint density at radius 3 is 2.96 bits per heavy atom. The highest BCUT2D eigenvalue weighted by Crippen LogP contribution is 2.30. The highest BCUT2D eigenvalue weighted by molar-refractivity contribution is 6.30. The highest BCUT2D eigenvalue weighted by atomic mass is 35.5. The molecule has 0 spiro atoms. The quantitative estimate of drug-likeness (QED) is 0.704. The number of benzene rings is 2. The van der Waals surface area contributed by atoms with Crippen LogP contribution in [0.5, 0.6) is 5.75 Å². The van der Waals surface area contributed by atoms with E-state index in [-0.39, 0.29) is 18.4 Å². The summed E-state index contributed by atoms with van der Waals surface area (Å²) in [6, 6.07) is 12.4. The number of hydrogen-bond acceptors (Lipinski definition) is 4. The van der Waals surface area contributed by atoms with Gasteiger partial charge in [-0.15, -0.1) is 0 Å². The van der Waals surface area contributed by atoms with Gasteiger partial charge in [0.2, 0.25) is 0 Å². The lowest BCUT2D eigenvalue weighted by Gasteiger charge is -2.18. The Morgan fingerprint density at radius 2 is 2.18 bits per heavy atom. The summed E-state index contributed by atoms with van der Waals surface area (Å²) in [7, 11) is 0. The van der Waals surface area contributed by atoms with E-state index < -0.39 is 0 Å². The van der Waals surface area contributed by atoms with Gasteiger partial charge in [0.05, 0.1) is 28.8 Å². The van der Waals surface area contributed by atoms with Crippen molar-refractivity contribution in [3.05, 3.63) is 64.9 Å². The summed E-state index contributed by atoms with van der Waals surface area (Å²) < 4.78 is 7.04. The van der Waals surface area contributed by atoms with Crippen molar-refractivity contribution in [2.45, 2.75) is 13.3 Å². The molecule has 0 saturated carbocycles. The second-order valence-electron chi connectivity index (χ2n) is 6.25. The topological polar surface area (TPSA) is 85.2 Å². The lowest BCUT2D eigenvalue weighted by atomic mass is 10.1. The van der Waals surface area contributed by atoms with E-state index in [9.17, 15) is 9.59 Å². The van der Waals surface area contributed by atoms with E-state index in [1.54, 1.807) is 41.2 Å². The van der Waals surface area contributed by atoms with Gasteiger partial charge in [-0.2, -0.15) is 5.10 Å². The second kappa shape index (κ2) is 7.36. The Kier molecular flexibility index (Phi) is 4.75. The molecule has 28 heavy (non-hydrogen) atoms. The molecule has 0 saturated heterocycles. The van der Waals surface area contributed by atoms with Gasteiger partial charge in [0.15, 0.2) is 6.61 Å². The second-order valence-corrected chi connectivity index (χ2v) is 6.69. The number of anilines is 2. The summed E-state index contributed by atoms with van der Waals surface area (Å²) in [6.07, 6.45) is 2.15. The molecule has 0 radical (unpaired) electrons. The molecule has 0 bridgehead atoms. The molecule has 1 aliphatic heterocycles.